The molecule has 0 spiro atoms. The Balaban J connectivity index is 0.00000180. The van der Waals surface area contributed by atoms with Crippen LogP contribution >= 0.6 is 24.8 Å². The van der Waals surface area contributed by atoms with Crippen LogP contribution < -0.4 is 10.6 Å². The first-order valence-corrected chi connectivity index (χ1v) is 6.70. The Hall–Kier alpha value is -0.780. The van der Waals surface area contributed by atoms with Crippen molar-refractivity contribution in [1.29, 1.82) is 0 Å². The highest BCUT2D eigenvalue weighted by atomic mass is 35.5. The van der Waals surface area contributed by atoms with Crippen molar-refractivity contribution in [2.75, 3.05) is 13.1 Å². The average molecular weight is 323 g/mol. The topological polar surface area (TPSA) is 59.0 Å². The fourth-order valence-electron chi connectivity index (χ4n) is 2.40. The van der Waals surface area contributed by atoms with Gasteiger partial charge in [-0.25, -0.2) is 4.98 Å². The summed E-state index contributed by atoms with van der Waals surface area (Å²) in [6.45, 7) is 4.97. The lowest BCUT2D eigenvalue weighted by Gasteiger charge is -2.15. The number of rotatable bonds is 6. The standard InChI is InChI=1S/C13H22N4O.2ClH/c1-11(9-17-7-6-15-10-17)16-13(18)3-2-12-4-5-14-8-12;;/h6-7,10-12,14H,2-5,8-9H2,1H3,(H,16,18);2*1H. The maximum absolute atomic E-state index is 11.8. The molecule has 5 nitrogen and oxygen atoms in total. The third-order valence-electron chi connectivity index (χ3n) is 3.39. The predicted octanol–water partition coefficient (Wildman–Crippen LogP) is 1.62. The lowest BCUT2D eigenvalue weighted by molar-refractivity contribution is -0.122. The number of halogens is 2. The molecule has 116 valence electrons. The second kappa shape index (κ2) is 10.0. The molecule has 2 heterocycles. The van der Waals surface area contributed by atoms with Crippen molar-refractivity contribution in [3.05, 3.63) is 18.7 Å². The maximum Gasteiger partial charge on any atom is 0.220 e. The van der Waals surface area contributed by atoms with E-state index in [1.54, 1.807) is 12.5 Å². The van der Waals surface area contributed by atoms with E-state index in [0.717, 1.165) is 26.1 Å². The number of carbonyl (C=O) groups is 1. The zero-order valence-corrected chi connectivity index (χ0v) is 13.4. The molecule has 0 aliphatic carbocycles. The molecule has 2 unspecified atom stereocenters. The first kappa shape index (κ1) is 19.2. The highest BCUT2D eigenvalue weighted by molar-refractivity contribution is 5.85. The van der Waals surface area contributed by atoms with Crippen LogP contribution in [0.4, 0.5) is 0 Å². The largest absolute Gasteiger partial charge is 0.352 e. The molecular weight excluding hydrogens is 299 g/mol. The molecule has 1 aliphatic rings. The Morgan fingerprint density at radius 2 is 2.35 bits per heavy atom. The van der Waals surface area contributed by atoms with Gasteiger partial charge in [0.25, 0.3) is 0 Å². The van der Waals surface area contributed by atoms with Gasteiger partial charge in [0.2, 0.25) is 5.91 Å². The van der Waals surface area contributed by atoms with Crippen molar-refractivity contribution < 1.29 is 4.79 Å². The van der Waals surface area contributed by atoms with E-state index in [0.29, 0.717) is 12.3 Å². The fourth-order valence-corrected chi connectivity index (χ4v) is 2.40. The first-order chi connectivity index (χ1) is 8.74. The Kier molecular flexibility index (Phi) is 9.63. The molecule has 1 amide bonds. The monoisotopic (exact) mass is 322 g/mol. The van der Waals surface area contributed by atoms with Gasteiger partial charge in [-0.2, -0.15) is 0 Å². The number of nitrogens with one attached hydrogen (secondary N) is 2. The van der Waals surface area contributed by atoms with Gasteiger partial charge in [-0.1, -0.05) is 0 Å². The number of amides is 1. The molecule has 1 aromatic heterocycles. The van der Waals surface area contributed by atoms with Crippen molar-refractivity contribution in [1.82, 2.24) is 20.2 Å². The summed E-state index contributed by atoms with van der Waals surface area (Å²) >= 11 is 0. The zero-order chi connectivity index (χ0) is 12.8. The van der Waals surface area contributed by atoms with Crippen LogP contribution in [0.3, 0.4) is 0 Å². The van der Waals surface area contributed by atoms with Gasteiger partial charge in [0.1, 0.15) is 0 Å². The number of hydrogen-bond acceptors (Lipinski definition) is 3. The molecular formula is C13H24Cl2N4O. The minimum Gasteiger partial charge on any atom is -0.352 e. The minimum absolute atomic E-state index is 0. The molecule has 1 aromatic rings. The number of hydrogen-bond donors (Lipinski definition) is 2. The molecule has 20 heavy (non-hydrogen) atoms. The molecule has 2 N–H and O–H groups in total. The molecule has 0 aromatic carbocycles. The highest BCUT2D eigenvalue weighted by Crippen LogP contribution is 2.13. The van der Waals surface area contributed by atoms with Crippen LogP contribution in [-0.4, -0.2) is 34.6 Å². The van der Waals surface area contributed by atoms with Crippen LogP contribution in [0.5, 0.6) is 0 Å². The smallest absolute Gasteiger partial charge is 0.220 e. The van der Waals surface area contributed by atoms with Crippen LogP contribution in [0.2, 0.25) is 0 Å². The average Bonchev–Trinajstić information content (AvgIpc) is 2.98. The van der Waals surface area contributed by atoms with Gasteiger partial charge in [0.05, 0.1) is 6.33 Å². The van der Waals surface area contributed by atoms with E-state index in [2.05, 4.69) is 15.6 Å². The summed E-state index contributed by atoms with van der Waals surface area (Å²) in [5.41, 5.74) is 0. The molecule has 1 fully saturated rings. The number of imidazole rings is 1. The number of aromatic nitrogens is 2. The Morgan fingerprint density at radius 1 is 1.55 bits per heavy atom. The molecule has 7 heteroatoms. The number of carbonyl (C=O) groups excluding carboxylic acids is 1. The summed E-state index contributed by atoms with van der Waals surface area (Å²) in [5, 5.41) is 6.36. The normalized spacial score (nSPS) is 18.8. The van der Waals surface area contributed by atoms with Crippen molar-refractivity contribution in [2.24, 2.45) is 5.92 Å². The summed E-state index contributed by atoms with van der Waals surface area (Å²) in [4.78, 5) is 15.8. The van der Waals surface area contributed by atoms with Gasteiger partial charge >= 0.3 is 0 Å². The van der Waals surface area contributed by atoms with E-state index in [9.17, 15) is 4.79 Å². The molecule has 2 atom stereocenters. The third-order valence-corrected chi connectivity index (χ3v) is 3.39. The summed E-state index contributed by atoms with van der Waals surface area (Å²) in [7, 11) is 0. The summed E-state index contributed by atoms with van der Waals surface area (Å²) in [6.07, 6.45) is 8.27. The van der Waals surface area contributed by atoms with Crippen molar-refractivity contribution in [2.45, 2.75) is 38.8 Å². The molecule has 0 radical (unpaired) electrons. The SMILES string of the molecule is CC(Cn1ccnc1)NC(=O)CCC1CCNC1.Cl.Cl. The van der Waals surface area contributed by atoms with E-state index < -0.39 is 0 Å². The van der Waals surface area contributed by atoms with E-state index in [4.69, 9.17) is 0 Å². The van der Waals surface area contributed by atoms with Gasteiger partial charge in [-0.15, -0.1) is 24.8 Å². The molecule has 1 saturated heterocycles. The summed E-state index contributed by atoms with van der Waals surface area (Å²) < 4.78 is 1.98. The molecule has 2 rings (SSSR count). The molecule has 0 bridgehead atoms. The second-order valence-electron chi connectivity index (χ2n) is 5.13. The highest BCUT2D eigenvalue weighted by Gasteiger charge is 2.16. The Bertz CT molecular complexity index is 366. The van der Waals surface area contributed by atoms with E-state index in [1.165, 1.54) is 6.42 Å². The maximum atomic E-state index is 11.8. The second-order valence-corrected chi connectivity index (χ2v) is 5.13. The molecule has 1 aliphatic heterocycles. The zero-order valence-electron chi connectivity index (χ0n) is 11.7. The van der Waals surface area contributed by atoms with Crippen LogP contribution in [0.1, 0.15) is 26.2 Å². The fraction of sp³-hybridized carbons (Fsp3) is 0.692. The number of nitrogens with zero attached hydrogens (tertiary/aromatic N) is 2. The van der Waals surface area contributed by atoms with Crippen LogP contribution in [0.15, 0.2) is 18.7 Å². The summed E-state index contributed by atoms with van der Waals surface area (Å²) in [5.74, 6) is 0.842. The van der Waals surface area contributed by atoms with Crippen LogP contribution in [0.25, 0.3) is 0 Å². The van der Waals surface area contributed by atoms with Gasteiger partial charge in [0, 0.05) is 31.4 Å². The van der Waals surface area contributed by atoms with Crippen molar-refractivity contribution in [3.8, 4) is 0 Å². The van der Waals surface area contributed by atoms with E-state index in [-0.39, 0.29) is 36.8 Å². The lowest BCUT2D eigenvalue weighted by Crippen LogP contribution is -2.35. The van der Waals surface area contributed by atoms with Gasteiger partial charge in [-0.3, -0.25) is 4.79 Å². The van der Waals surface area contributed by atoms with Gasteiger partial charge in [-0.05, 0) is 38.8 Å². The van der Waals surface area contributed by atoms with E-state index in [1.807, 2.05) is 17.7 Å². The van der Waals surface area contributed by atoms with Crippen molar-refractivity contribution >= 4 is 30.7 Å². The lowest BCUT2D eigenvalue weighted by atomic mass is 10.0. The predicted molar refractivity (Wildman–Crippen MR) is 84.5 cm³/mol. The third kappa shape index (κ3) is 6.59. The summed E-state index contributed by atoms with van der Waals surface area (Å²) in [6, 6.07) is 0.147. The quantitative estimate of drug-likeness (QED) is 0.836. The first-order valence-electron chi connectivity index (χ1n) is 6.70. The Morgan fingerprint density at radius 3 is 2.95 bits per heavy atom. The van der Waals surface area contributed by atoms with E-state index >= 15 is 0 Å². The van der Waals surface area contributed by atoms with Crippen LogP contribution in [0, 0.1) is 5.92 Å². The molecule has 0 saturated carbocycles. The van der Waals surface area contributed by atoms with Crippen molar-refractivity contribution in [3.63, 3.8) is 0 Å². The minimum atomic E-state index is 0. The Labute approximate surface area is 132 Å². The van der Waals surface area contributed by atoms with Crippen LogP contribution in [-0.2, 0) is 11.3 Å². The van der Waals surface area contributed by atoms with Gasteiger partial charge in [0.15, 0.2) is 0 Å². The van der Waals surface area contributed by atoms with Gasteiger partial charge < -0.3 is 15.2 Å².